The van der Waals surface area contributed by atoms with Gasteiger partial charge in [-0.1, -0.05) is 0 Å². The molecule has 0 spiro atoms. The Kier molecular flexibility index (Phi) is 4.70. The minimum absolute atomic E-state index is 0.0929. The molecule has 106 valence electrons. The molecular formula is C15H18FN3O. The number of halogens is 1. The van der Waals surface area contributed by atoms with Crippen molar-refractivity contribution < 1.29 is 9.18 Å². The van der Waals surface area contributed by atoms with E-state index in [2.05, 4.69) is 11.0 Å². The Morgan fingerprint density at radius 2 is 2.15 bits per heavy atom. The molecule has 4 nitrogen and oxygen atoms in total. The van der Waals surface area contributed by atoms with E-state index in [9.17, 15) is 9.18 Å². The monoisotopic (exact) mass is 275 g/mol. The Bertz CT molecular complexity index is 538. The fourth-order valence-electron chi connectivity index (χ4n) is 2.49. The van der Waals surface area contributed by atoms with Gasteiger partial charge in [0, 0.05) is 39.6 Å². The average molecular weight is 275 g/mol. The smallest absolute Gasteiger partial charge is 0.219 e. The third-order valence-corrected chi connectivity index (χ3v) is 3.62. The Morgan fingerprint density at radius 1 is 1.35 bits per heavy atom. The van der Waals surface area contributed by atoms with E-state index in [4.69, 9.17) is 5.26 Å². The van der Waals surface area contributed by atoms with Crippen LogP contribution in [-0.2, 0) is 11.3 Å². The van der Waals surface area contributed by atoms with Gasteiger partial charge in [-0.25, -0.2) is 4.39 Å². The van der Waals surface area contributed by atoms with Gasteiger partial charge in [-0.3, -0.25) is 9.69 Å². The van der Waals surface area contributed by atoms with Crippen molar-refractivity contribution >= 4 is 5.91 Å². The lowest BCUT2D eigenvalue weighted by Gasteiger charge is -2.21. The molecule has 1 aliphatic rings. The van der Waals surface area contributed by atoms with Crippen LogP contribution in [0.1, 0.15) is 24.5 Å². The van der Waals surface area contributed by atoms with E-state index in [1.54, 1.807) is 6.92 Å². The maximum atomic E-state index is 13.3. The fraction of sp³-hybridized carbons (Fsp3) is 0.467. The second-order valence-electron chi connectivity index (χ2n) is 5.05. The summed E-state index contributed by atoms with van der Waals surface area (Å²) < 4.78 is 13.3. The van der Waals surface area contributed by atoms with Crippen LogP contribution < -0.4 is 0 Å². The zero-order chi connectivity index (χ0) is 14.5. The van der Waals surface area contributed by atoms with E-state index in [1.165, 1.54) is 18.2 Å². The van der Waals surface area contributed by atoms with E-state index < -0.39 is 0 Å². The molecule has 0 aromatic heterocycles. The summed E-state index contributed by atoms with van der Waals surface area (Å²) in [6.45, 7) is 5.18. The Balaban J connectivity index is 2.05. The van der Waals surface area contributed by atoms with Gasteiger partial charge in [-0.05, 0) is 30.2 Å². The highest BCUT2D eigenvalue weighted by Gasteiger charge is 2.17. The van der Waals surface area contributed by atoms with Gasteiger partial charge < -0.3 is 4.90 Å². The summed E-state index contributed by atoms with van der Waals surface area (Å²) >= 11 is 0. The van der Waals surface area contributed by atoms with E-state index in [-0.39, 0.29) is 11.7 Å². The Hall–Kier alpha value is -1.93. The number of hydrogen-bond donors (Lipinski definition) is 0. The molecule has 5 heteroatoms. The van der Waals surface area contributed by atoms with Gasteiger partial charge in [0.05, 0.1) is 11.6 Å². The Labute approximate surface area is 118 Å². The molecule has 1 fully saturated rings. The molecule has 1 amide bonds. The van der Waals surface area contributed by atoms with Crippen molar-refractivity contribution in [3.8, 4) is 6.07 Å². The third kappa shape index (κ3) is 3.55. The highest BCUT2D eigenvalue weighted by atomic mass is 19.1. The number of hydrogen-bond acceptors (Lipinski definition) is 3. The van der Waals surface area contributed by atoms with E-state index in [0.29, 0.717) is 24.2 Å². The lowest BCUT2D eigenvalue weighted by Crippen LogP contribution is -2.33. The maximum absolute atomic E-state index is 13.3. The zero-order valence-electron chi connectivity index (χ0n) is 11.6. The second-order valence-corrected chi connectivity index (χ2v) is 5.05. The standard InChI is InChI=1S/C15H18FN3O/c1-12(20)19-6-2-5-18(7-8-19)11-14-9-15(16)4-3-13(14)10-17/h3-4,9H,2,5-8,11H2,1H3. The van der Waals surface area contributed by atoms with Crippen LogP contribution >= 0.6 is 0 Å². The number of carbonyl (C=O) groups is 1. The van der Waals surface area contributed by atoms with Gasteiger partial charge in [0.25, 0.3) is 0 Å². The number of rotatable bonds is 2. The van der Waals surface area contributed by atoms with Gasteiger partial charge >= 0.3 is 0 Å². The molecule has 1 aromatic rings. The number of nitrogens with zero attached hydrogens (tertiary/aromatic N) is 3. The van der Waals surface area contributed by atoms with Crippen molar-refractivity contribution in [2.24, 2.45) is 0 Å². The van der Waals surface area contributed by atoms with Gasteiger partial charge in [0.15, 0.2) is 0 Å². The number of carbonyl (C=O) groups excluding carboxylic acids is 1. The van der Waals surface area contributed by atoms with E-state index in [1.807, 2.05) is 4.90 Å². The zero-order valence-corrected chi connectivity index (χ0v) is 11.6. The lowest BCUT2D eigenvalue weighted by atomic mass is 10.1. The largest absolute Gasteiger partial charge is 0.342 e. The molecule has 0 radical (unpaired) electrons. The quantitative estimate of drug-likeness (QED) is 0.826. The summed E-state index contributed by atoms with van der Waals surface area (Å²) in [5.41, 5.74) is 1.22. The van der Waals surface area contributed by atoms with Gasteiger partial charge in [-0.2, -0.15) is 5.26 Å². The van der Waals surface area contributed by atoms with Crippen molar-refractivity contribution in [2.75, 3.05) is 26.2 Å². The van der Waals surface area contributed by atoms with Crippen LogP contribution in [0.3, 0.4) is 0 Å². The third-order valence-electron chi connectivity index (χ3n) is 3.62. The molecule has 0 bridgehead atoms. The fourth-order valence-corrected chi connectivity index (χ4v) is 2.49. The van der Waals surface area contributed by atoms with Gasteiger partial charge in [0.2, 0.25) is 5.91 Å². The van der Waals surface area contributed by atoms with Crippen LogP contribution in [0.25, 0.3) is 0 Å². The van der Waals surface area contributed by atoms with Crippen molar-refractivity contribution in [1.29, 1.82) is 5.26 Å². The van der Waals surface area contributed by atoms with Crippen LogP contribution in [0.4, 0.5) is 4.39 Å². The first-order valence-corrected chi connectivity index (χ1v) is 6.76. The number of benzene rings is 1. The van der Waals surface area contributed by atoms with Crippen LogP contribution in [0.5, 0.6) is 0 Å². The predicted molar refractivity (Wildman–Crippen MR) is 73.3 cm³/mol. The number of nitriles is 1. The minimum atomic E-state index is -0.320. The van der Waals surface area contributed by atoms with Gasteiger partial charge in [-0.15, -0.1) is 0 Å². The Morgan fingerprint density at radius 3 is 2.85 bits per heavy atom. The summed E-state index contributed by atoms with van der Waals surface area (Å²) in [5.74, 6) is -0.227. The maximum Gasteiger partial charge on any atom is 0.219 e. The molecule has 0 N–H and O–H groups in total. The summed E-state index contributed by atoms with van der Waals surface area (Å²) in [4.78, 5) is 15.4. The molecule has 0 atom stereocenters. The van der Waals surface area contributed by atoms with Crippen molar-refractivity contribution in [1.82, 2.24) is 9.80 Å². The normalized spacial score (nSPS) is 16.6. The molecule has 1 aromatic carbocycles. The molecule has 1 aliphatic heterocycles. The number of amides is 1. The van der Waals surface area contributed by atoms with Gasteiger partial charge in [0.1, 0.15) is 5.82 Å². The van der Waals surface area contributed by atoms with Crippen LogP contribution in [0.2, 0.25) is 0 Å². The molecule has 0 saturated carbocycles. The SMILES string of the molecule is CC(=O)N1CCCN(Cc2cc(F)ccc2C#N)CC1. The van der Waals surface area contributed by atoms with E-state index >= 15 is 0 Å². The van der Waals surface area contributed by atoms with Crippen molar-refractivity contribution in [3.63, 3.8) is 0 Å². The molecule has 1 saturated heterocycles. The molecule has 20 heavy (non-hydrogen) atoms. The van der Waals surface area contributed by atoms with Crippen molar-refractivity contribution in [3.05, 3.63) is 35.1 Å². The summed E-state index contributed by atoms with van der Waals surface area (Å²) in [7, 11) is 0. The lowest BCUT2D eigenvalue weighted by molar-refractivity contribution is -0.128. The highest BCUT2D eigenvalue weighted by molar-refractivity contribution is 5.73. The second kappa shape index (κ2) is 6.49. The van der Waals surface area contributed by atoms with Crippen LogP contribution in [0.15, 0.2) is 18.2 Å². The predicted octanol–water partition coefficient (Wildman–Crippen LogP) is 1.75. The minimum Gasteiger partial charge on any atom is -0.342 e. The highest BCUT2D eigenvalue weighted by Crippen LogP contribution is 2.15. The molecule has 2 rings (SSSR count). The van der Waals surface area contributed by atoms with Crippen LogP contribution in [0, 0.1) is 17.1 Å². The average Bonchev–Trinajstić information content (AvgIpc) is 2.65. The summed E-state index contributed by atoms with van der Waals surface area (Å²) in [6, 6.07) is 6.35. The van der Waals surface area contributed by atoms with E-state index in [0.717, 1.165) is 26.1 Å². The topological polar surface area (TPSA) is 47.3 Å². The molecular weight excluding hydrogens is 257 g/mol. The summed E-state index contributed by atoms with van der Waals surface area (Å²) in [5, 5.41) is 9.07. The molecule has 1 heterocycles. The first-order valence-electron chi connectivity index (χ1n) is 6.76. The van der Waals surface area contributed by atoms with Crippen LogP contribution in [-0.4, -0.2) is 41.9 Å². The summed E-state index contributed by atoms with van der Waals surface area (Å²) in [6.07, 6.45) is 0.900. The van der Waals surface area contributed by atoms with Crippen molar-refractivity contribution in [2.45, 2.75) is 19.9 Å². The first kappa shape index (κ1) is 14.5. The molecule has 0 unspecified atom stereocenters. The molecule has 0 aliphatic carbocycles. The first-order chi connectivity index (χ1) is 9.60.